The van der Waals surface area contributed by atoms with Gasteiger partial charge in [0.05, 0.1) is 19.8 Å². The van der Waals surface area contributed by atoms with Crippen LogP contribution in [0.5, 0.6) is 5.75 Å². The number of amides is 1. The van der Waals surface area contributed by atoms with E-state index in [1.807, 2.05) is 67.3 Å². The van der Waals surface area contributed by atoms with Crippen molar-refractivity contribution in [1.82, 2.24) is 0 Å². The smallest absolute Gasteiger partial charge is 0.231 e. The lowest BCUT2D eigenvalue weighted by Gasteiger charge is -2.26. The summed E-state index contributed by atoms with van der Waals surface area (Å²) in [5.74, 6) is 0.789. The van der Waals surface area contributed by atoms with Crippen LogP contribution in [0.2, 0.25) is 0 Å². The van der Waals surface area contributed by atoms with Gasteiger partial charge in [0, 0.05) is 28.7 Å². The first kappa shape index (κ1) is 16.1. The van der Waals surface area contributed by atoms with Crippen LogP contribution in [0.1, 0.15) is 19.4 Å². The highest BCUT2D eigenvalue weighted by atomic mass is 16.5. The normalized spacial score (nSPS) is 11.0. The van der Waals surface area contributed by atoms with Gasteiger partial charge < -0.3 is 14.1 Å². The zero-order valence-corrected chi connectivity index (χ0v) is 14.2. The van der Waals surface area contributed by atoms with Crippen LogP contribution in [0.3, 0.4) is 0 Å². The third-order valence-corrected chi connectivity index (χ3v) is 4.02. The van der Waals surface area contributed by atoms with Crippen LogP contribution in [-0.4, -0.2) is 19.1 Å². The van der Waals surface area contributed by atoms with E-state index in [1.54, 1.807) is 13.4 Å². The predicted molar refractivity (Wildman–Crippen MR) is 95.5 cm³/mol. The van der Waals surface area contributed by atoms with Gasteiger partial charge in [-0.2, -0.15) is 0 Å². The van der Waals surface area contributed by atoms with Gasteiger partial charge in [-0.1, -0.05) is 18.2 Å². The first-order valence-corrected chi connectivity index (χ1v) is 8.01. The number of nitrogens with zero attached hydrogens (tertiary/aromatic N) is 1. The molecular formula is C20H21NO3. The van der Waals surface area contributed by atoms with Gasteiger partial charge in [-0.15, -0.1) is 0 Å². The Balaban J connectivity index is 1.88. The van der Waals surface area contributed by atoms with Crippen molar-refractivity contribution < 1.29 is 13.9 Å². The van der Waals surface area contributed by atoms with E-state index < -0.39 is 0 Å². The maximum atomic E-state index is 12.9. The van der Waals surface area contributed by atoms with Crippen molar-refractivity contribution in [2.24, 2.45) is 0 Å². The summed E-state index contributed by atoms with van der Waals surface area (Å²) in [6, 6.07) is 15.5. The van der Waals surface area contributed by atoms with E-state index in [0.717, 1.165) is 28.0 Å². The number of ether oxygens (including phenoxy) is 1. The van der Waals surface area contributed by atoms with Crippen molar-refractivity contribution >= 4 is 22.6 Å². The third kappa shape index (κ3) is 3.13. The van der Waals surface area contributed by atoms with Gasteiger partial charge in [-0.3, -0.25) is 4.79 Å². The molecule has 1 amide bonds. The molecule has 0 aliphatic carbocycles. The summed E-state index contributed by atoms with van der Waals surface area (Å²) >= 11 is 0. The molecule has 0 radical (unpaired) electrons. The van der Waals surface area contributed by atoms with E-state index in [0.29, 0.717) is 6.42 Å². The molecule has 0 aliphatic rings. The zero-order valence-electron chi connectivity index (χ0n) is 14.2. The second-order valence-corrected chi connectivity index (χ2v) is 5.99. The highest BCUT2D eigenvalue weighted by Gasteiger charge is 2.21. The molecule has 0 unspecified atom stereocenters. The van der Waals surface area contributed by atoms with E-state index in [2.05, 4.69) is 0 Å². The van der Waals surface area contributed by atoms with Crippen LogP contribution in [-0.2, 0) is 11.2 Å². The fourth-order valence-corrected chi connectivity index (χ4v) is 2.89. The highest BCUT2D eigenvalue weighted by molar-refractivity contribution is 5.97. The fourth-order valence-electron chi connectivity index (χ4n) is 2.89. The second-order valence-electron chi connectivity index (χ2n) is 5.99. The molecule has 24 heavy (non-hydrogen) atoms. The summed E-state index contributed by atoms with van der Waals surface area (Å²) in [4.78, 5) is 14.7. The average Bonchev–Trinajstić information content (AvgIpc) is 2.97. The number of anilines is 1. The van der Waals surface area contributed by atoms with E-state index >= 15 is 0 Å². The molecule has 0 N–H and O–H groups in total. The molecule has 0 aliphatic heterocycles. The van der Waals surface area contributed by atoms with Crippen molar-refractivity contribution in [3.8, 4) is 5.75 Å². The number of hydrogen-bond donors (Lipinski definition) is 0. The number of fused-ring (bicyclic) bond motifs is 1. The van der Waals surface area contributed by atoms with Crippen LogP contribution >= 0.6 is 0 Å². The minimum absolute atomic E-state index is 0.0507. The predicted octanol–water partition coefficient (Wildman–Crippen LogP) is 4.43. The average molecular weight is 323 g/mol. The molecule has 1 aromatic heterocycles. The standard InChI is InChI=1S/C20H21NO3/c1-14(2)21(16-7-5-4-6-8-16)20(22)11-15-13-24-19-12-17(23-3)9-10-18(15)19/h4-10,12-14H,11H2,1-3H3. The number of benzene rings is 2. The van der Waals surface area contributed by atoms with Gasteiger partial charge in [-0.25, -0.2) is 0 Å². The van der Waals surface area contributed by atoms with Crippen molar-refractivity contribution in [3.63, 3.8) is 0 Å². The summed E-state index contributed by atoms with van der Waals surface area (Å²) in [7, 11) is 1.62. The molecule has 0 spiro atoms. The third-order valence-electron chi connectivity index (χ3n) is 4.02. The zero-order chi connectivity index (χ0) is 17.1. The maximum Gasteiger partial charge on any atom is 0.231 e. The molecule has 0 bridgehead atoms. The van der Waals surface area contributed by atoms with Gasteiger partial charge in [0.25, 0.3) is 0 Å². The van der Waals surface area contributed by atoms with Gasteiger partial charge in [0.15, 0.2) is 0 Å². The van der Waals surface area contributed by atoms with Crippen LogP contribution in [0.25, 0.3) is 11.0 Å². The number of carbonyl (C=O) groups excluding carboxylic acids is 1. The van der Waals surface area contributed by atoms with Gasteiger partial charge in [0.2, 0.25) is 5.91 Å². The molecule has 0 saturated heterocycles. The Morgan fingerprint density at radius 2 is 1.92 bits per heavy atom. The molecule has 0 atom stereocenters. The van der Waals surface area contributed by atoms with Crippen molar-refractivity contribution in [2.45, 2.75) is 26.3 Å². The Kier molecular flexibility index (Phi) is 4.56. The van der Waals surface area contributed by atoms with Crippen LogP contribution in [0, 0.1) is 0 Å². The maximum absolute atomic E-state index is 12.9. The molecular weight excluding hydrogens is 302 g/mol. The Morgan fingerprint density at radius 1 is 1.17 bits per heavy atom. The quantitative estimate of drug-likeness (QED) is 0.698. The number of methoxy groups -OCH3 is 1. The van der Waals surface area contributed by atoms with Crippen LogP contribution in [0.15, 0.2) is 59.2 Å². The minimum atomic E-state index is 0.0507. The SMILES string of the molecule is COc1ccc2c(CC(=O)N(c3ccccc3)C(C)C)coc2c1. The molecule has 3 aromatic rings. The Bertz CT molecular complexity index is 836. The van der Waals surface area contributed by atoms with Crippen LogP contribution in [0.4, 0.5) is 5.69 Å². The van der Waals surface area contributed by atoms with E-state index in [1.165, 1.54) is 0 Å². The molecule has 3 rings (SSSR count). The van der Waals surface area contributed by atoms with E-state index in [4.69, 9.17) is 9.15 Å². The highest BCUT2D eigenvalue weighted by Crippen LogP contribution is 2.27. The Labute approximate surface area is 141 Å². The van der Waals surface area contributed by atoms with Crippen molar-refractivity contribution in [1.29, 1.82) is 0 Å². The Morgan fingerprint density at radius 3 is 2.58 bits per heavy atom. The van der Waals surface area contributed by atoms with Crippen molar-refractivity contribution in [3.05, 3.63) is 60.4 Å². The molecule has 2 aromatic carbocycles. The minimum Gasteiger partial charge on any atom is -0.497 e. The topological polar surface area (TPSA) is 42.7 Å². The summed E-state index contributed by atoms with van der Waals surface area (Å²) in [5, 5.41) is 0.945. The molecule has 0 saturated carbocycles. The first-order valence-electron chi connectivity index (χ1n) is 8.01. The fraction of sp³-hybridized carbons (Fsp3) is 0.250. The van der Waals surface area contributed by atoms with Gasteiger partial charge in [-0.05, 0) is 38.1 Å². The number of carbonyl (C=O) groups is 1. The lowest BCUT2D eigenvalue weighted by Crippen LogP contribution is -2.38. The molecule has 4 heteroatoms. The summed E-state index contributed by atoms with van der Waals surface area (Å²) in [6.07, 6.45) is 1.96. The molecule has 0 fully saturated rings. The summed E-state index contributed by atoms with van der Waals surface area (Å²) in [5.41, 5.74) is 2.53. The largest absolute Gasteiger partial charge is 0.497 e. The summed E-state index contributed by atoms with van der Waals surface area (Å²) < 4.78 is 10.8. The second kappa shape index (κ2) is 6.79. The number of furan rings is 1. The first-order chi connectivity index (χ1) is 11.6. The van der Waals surface area contributed by atoms with E-state index in [9.17, 15) is 4.79 Å². The number of para-hydroxylation sites is 1. The van der Waals surface area contributed by atoms with E-state index in [-0.39, 0.29) is 11.9 Å². The lowest BCUT2D eigenvalue weighted by atomic mass is 10.1. The molecule has 1 heterocycles. The van der Waals surface area contributed by atoms with Gasteiger partial charge >= 0.3 is 0 Å². The summed E-state index contributed by atoms with van der Waals surface area (Å²) in [6.45, 7) is 4.03. The van der Waals surface area contributed by atoms with Gasteiger partial charge in [0.1, 0.15) is 11.3 Å². The van der Waals surface area contributed by atoms with Crippen LogP contribution < -0.4 is 9.64 Å². The molecule has 4 nitrogen and oxygen atoms in total. The van der Waals surface area contributed by atoms with Crippen molar-refractivity contribution in [2.75, 3.05) is 12.0 Å². The lowest BCUT2D eigenvalue weighted by molar-refractivity contribution is -0.118. The monoisotopic (exact) mass is 323 g/mol. The molecule has 124 valence electrons. The Hall–Kier alpha value is -2.75. The number of hydrogen-bond acceptors (Lipinski definition) is 3. The number of rotatable bonds is 5.